The van der Waals surface area contributed by atoms with Crippen molar-refractivity contribution >= 4 is 17.7 Å². The number of nitrogens with one attached hydrogen (secondary N) is 1. The number of alkyl carbamates (subject to hydrolysis) is 1. The summed E-state index contributed by atoms with van der Waals surface area (Å²) in [6, 6.07) is 9.60. The van der Waals surface area contributed by atoms with Gasteiger partial charge in [-0.3, -0.25) is 0 Å². The van der Waals surface area contributed by atoms with Crippen LogP contribution in [0.4, 0.5) is 18.0 Å². The molecule has 1 aromatic heterocycles. The van der Waals surface area contributed by atoms with Crippen LogP contribution in [-0.4, -0.2) is 33.9 Å². The lowest BCUT2D eigenvalue weighted by Crippen LogP contribution is -2.30. The first kappa shape index (κ1) is 21.9. The first-order chi connectivity index (χ1) is 13.2. The standard InChI is InChI=1S/C18H18ClF3N2O4/c19-16-13(8-12(9-24-16)18(20,21)22)15(26)14(25)6-7-23-17(27)28-10-11-4-2-1-3-5-11/h1-5,8-9,14-15,25-26H,6-7,10H2,(H,23,27). The molecule has 0 aliphatic rings. The van der Waals surface area contributed by atoms with Gasteiger partial charge in [0, 0.05) is 18.3 Å². The molecule has 0 radical (unpaired) electrons. The molecule has 0 spiro atoms. The third kappa shape index (κ3) is 6.36. The second kappa shape index (κ2) is 9.72. The van der Waals surface area contributed by atoms with Gasteiger partial charge in [0.2, 0.25) is 0 Å². The summed E-state index contributed by atoms with van der Waals surface area (Å²) in [6.07, 6.45) is -8.18. The second-order valence-electron chi connectivity index (χ2n) is 5.89. The Bertz CT molecular complexity index is 790. The summed E-state index contributed by atoms with van der Waals surface area (Å²) in [5.41, 5.74) is -0.656. The van der Waals surface area contributed by atoms with Crippen LogP contribution >= 0.6 is 11.6 Å². The Kier molecular flexibility index (Phi) is 7.61. The van der Waals surface area contributed by atoms with Crippen LogP contribution in [-0.2, 0) is 17.5 Å². The number of aliphatic hydroxyl groups excluding tert-OH is 2. The number of halogens is 4. The minimum Gasteiger partial charge on any atom is -0.445 e. The van der Waals surface area contributed by atoms with Crippen molar-refractivity contribution in [3.63, 3.8) is 0 Å². The molecule has 1 heterocycles. The van der Waals surface area contributed by atoms with Crippen LogP contribution in [0.2, 0.25) is 5.15 Å². The van der Waals surface area contributed by atoms with Gasteiger partial charge in [0.1, 0.15) is 17.9 Å². The molecule has 152 valence electrons. The van der Waals surface area contributed by atoms with Gasteiger partial charge in [0.05, 0.1) is 11.7 Å². The SMILES string of the molecule is O=C(NCCC(O)C(O)c1cc(C(F)(F)F)cnc1Cl)OCc1ccccc1. The lowest BCUT2D eigenvalue weighted by molar-refractivity contribution is -0.138. The van der Waals surface area contributed by atoms with E-state index in [9.17, 15) is 28.2 Å². The summed E-state index contributed by atoms with van der Waals surface area (Å²) in [5, 5.41) is 22.1. The first-order valence-corrected chi connectivity index (χ1v) is 8.59. The Morgan fingerprint density at radius 3 is 2.57 bits per heavy atom. The molecule has 28 heavy (non-hydrogen) atoms. The van der Waals surface area contributed by atoms with Gasteiger partial charge in [-0.15, -0.1) is 0 Å². The number of pyridine rings is 1. The Hall–Kier alpha value is -2.36. The average Bonchev–Trinajstić information content (AvgIpc) is 2.66. The van der Waals surface area contributed by atoms with Gasteiger partial charge in [0.25, 0.3) is 0 Å². The lowest BCUT2D eigenvalue weighted by atomic mass is 10.0. The number of rotatable bonds is 7. The average molecular weight is 419 g/mol. The van der Waals surface area contributed by atoms with E-state index in [0.29, 0.717) is 12.3 Å². The molecule has 2 atom stereocenters. The highest BCUT2D eigenvalue weighted by Crippen LogP contribution is 2.33. The maximum absolute atomic E-state index is 12.8. The van der Waals surface area contributed by atoms with Crippen molar-refractivity contribution in [3.8, 4) is 0 Å². The molecule has 10 heteroatoms. The summed E-state index contributed by atoms with van der Waals surface area (Å²) in [4.78, 5) is 15.0. The van der Waals surface area contributed by atoms with Crippen molar-refractivity contribution in [3.05, 3.63) is 64.4 Å². The van der Waals surface area contributed by atoms with E-state index < -0.39 is 30.0 Å². The highest BCUT2D eigenvalue weighted by atomic mass is 35.5. The first-order valence-electron chi connectivity index (χ1n) is 8.22. The van der Waals surface area contributed by atoms with E-state index in [0.717, 1.165) is 5.56 Å². The Balaban J connectivity index is 1.84. The molecular formula is C18H18ClF3N2O4. The Morgan fingerprint density at radius 2 is 1.93 bits per heavy atom. The van der Waals surface area contributed by atoms with Gasteiger partial charge >= 0.3 is 12.3 Å². The number of nitrogens with zero attached hydrogens (tertiary/aromatic N) is 1. The third-order valence-electron chi connectivity index (χ3n) is 3.80. The number of benzene rings is 1. The van der Waals surface area contributed by atoms with E-state index in [-0.39, 0.29) is 30.3 Å². The molecule has 6 nitrogen and oxygen atoms in total. The summed E-state index contributed by atoms with van der Waals surface area (Å²) < 4.78 is 43.3. The zero-order valence-corrected chi connectivity index (χ0v) is 15.2. The van der Waals surface area contributed by atoms with Crippen LogP contribution in [0.15, 0.2) is 42.6 Å². The molecule has 0 bridgehead atoms. The van der Waals surface area contributed by atoms with Crippen LogP contribution in [0.1, 0.15) is 29.2 Å². The number of ether oxygens (including phenoxy) is 1. The van der Waals surface area contributed by atoms with E-state index >= 15 is 0 Å². The molecule has 2 aromatic rings. The zero-order valence-electron chi connectivity index (χ0n) is 14.5. The second-order valence-corrected chi connectivity index (χ2v) is 6.25. The summed E-state index contributed by atoms with van der Waals surface area (Å²) >= 11 is 5.73. The van der Waals surface area contributed by atoms with Crippen molar-refractivity contribution in [1.29, 1.82) is 0 Å². The molecular weight excluding hydrogens is 401 g/mol. The largest absolute Gasteiger partial charge is 0.445 e. The predicted octanol–water partition coefficient (Wildman–Crippen LogP) is 3.46. The summed E-state index contributed by atoms with van der Waals surface area (Å²) in [6.45, 7) is -0.0147. The van der Waals surface area contributed by atoms with Crippen LogP contribution in [0.25, 0.3) is 0 Å². The number of aromatic nitrogens is 1. The van der Waals surface area contributed by atoms with Crippen LogP contribution in [0, 0.1) is 0 Å². The Morgan fingerprint density at radius 1 is 1.25 bits per heavy atom. The van der Waals surface area contributed by atoms with Gasteiger partial charge in [-0.2, -0.15) is 13.2 Å². The maximum atomic E-state index is 12.8. The molecule has 2 rings (SSSR count). The van der Waals surface area contributed by atoms with E-state index in [4.69, 9.17) is 16.3 Å². The fraction of sp³-hybridized carbons (Fsp3) is 0.333. The van der Waals surface area contributed by atoms with Crippen molar-refractivity contribution < 1.29 is 32.9 Å². The number of alkyl halides is 3. The normalized spacial score (nSPS) is 13.6. The fourth-order valence-corrected chi connectivity index (χ4v) is 2.50. The molecule has 0 aliphatic carbocycles. The van der Waals surface area contributed by atoms with Crippen LogP contribution in [0.3, 0.4) is 0 Å². The van der Waals surface area contributed by atoms with E-state index in [1.165, 1.54) is 0 Å². The molecule has 3 N–H and O–H groups in total. The van der Waals surface area contributed by atoms with Gasteiger partial charge in [-0.05, 0) is 18.1 Å². The van der Waals surface area contributed by atoms with Crippen molar-refractivity contribution in [2.75, 3.05) is 6.54 Å². The summed E-state index contributed by atoms with van der Waals surface area (Å²) in [5.74, 6) is 0. The molecule has 0 fully saturated rings. The molecule has 1 aromatic carbocycles. The highest BCUT2D eigenvalue weighted by Gasteiger charge is 2.33. The Labute approximate surface area is 163 Å². The van der Waals surface area contributed by atoms with E-state index in [1.54, 1.807) is 24.3 Å². The minimum absolute atomic E-state index is 0.0589. The number of carbonyl (C=O) groups is 1. The fourth-order valence-electron chi connectivity index (χ4n) is 2.29. The van der Waals surface area contributed by atoms with E-state index in [2.05, 4.69) is 10.3 Å². The van der Waals surface area contributed by atoms with Crippen molar-refractivity contribution in [2.45, 2.75) is 31.4 Å². The number of amides is 1. The van der Waals surface area contributed by atoms with Crippen molar-refractivity contribution in [1.82, 2.24) is 10.3 Å². The van der Waals surface area contributed by atoms with Gasteiger partial charge in [-0.1, -0.05) is 41.9 Å². The van der Waals surface area contributed by atoms with E-state index in [1.807, 2.05) is 6.07 Å². The quantitative estimate of drug-likeness (QED) is 0.599. The van der Waals surface area contributed by atoms with Crippen LogP contribution in [0.5, 0.6) is 0 Å². The van der Waals surface area contributed by atoms with Gasteiger partial charge < -0.3 is 20.3 Å². The lowest BCUT2D eigenvalue weighted by Gasteiger charge is -2.20. The number of hydrogen-bond acceptors (Lipinski definition) is 5. The molecule has 0 aliphatic heterocycles. The highest BCUT2D eigenvalue weighted by molar-refractivity contribution is 6.30. The van der Waals surface area contributed by atoms with Gasteiger partial charge in [-0.25, -0.2) is 9.78 Å². The van der Waals surface area contributed by atoms with Crippen molar-refractivity contribution in [2.24, 2.45) is 0 Å². The molecule has 2 unspecified atom stereocenters. The number of hydrogen-bond donors (Lipinski definition) is 3. The monoisotopic (exact) mass is 418 g/mol. The minimum atomic E-state index is -4.67. The topological polar surface area (TPSA) is 91.7 Å². The smallest absolute Gasteiger partial charge is 0.417 e. The molecule has 0 saturated carbocycles. The number of carbonyl (C=O) groups excluding carboxylic acids is 1. The maximum Gasteiger partial charge on any atom is 0.417 e. The van der Waals surface area contributed by atoms with Crippen LogP contribution < -0.4 is 5.32 Å². The predicted molar refractivity (Wildman–Crippen MR) is 94.5 cm³/mol. The summed E-state index contributed by atoms with van der Waals surface area (Å²) in [7, 11) is 0. The molecule has 0 saturated heterocycles. The number of aliphatic hydroxyl groups is 2. The van der Waals surface area contributed by atoms with Gasteiger partial charge in [0.15, 0.2) is 0 Å². The molecule has 1 amide bonds. The third-order valence-corrected chi connectivity index (χ3v) is 4.11. The zero-order chi connectivity index (χ0) is 20.7.